The number of hydrogen-bond donors (Lipinski definition) is 1. The smallest absolute Gasteiger partial charge is 0.330 e. The van der Waals surface area contributed by atoms with Gasteiger partial charge in [-0.1, -0.05) is 24.3 Å². The van der Waals surface area contributed by atoms with Crippen molar-refractivity contribution in [3.63, 3.8) is 0 Å². The Morgan fingerprint density at radius 3 is 2.76 bits per heavy atom. The third-order valence-corrected chi connectivity index (χ3v) is 2.49. The number of benzene rings is 1. The normalized spacial score (nSPS) is 11.1. The Balaban J connectivity index is 2.28. The minimum atomic E-state index is -2.60. The fourth-order valence-electron chi connectivity index (χ4n) is 1.67. The number of nitrogens with zero attached hydrogens (tertiary/aromatic N) is 2. The predicted molar refractivity (Wildman–Crippen MR) is 61.7 cm³/mol. The number of rotatable bonds is 4. The van der Waals surface area contributed by atoms with E-state index >= 15 is 0 Å². The van der Waals surface area contributed by atoms with E-state index in [1.165, 1.54) is 12.4 Å². The summed E-state index contributed by atoms with van der Waals surface area (Å²) in [4.78, 5) is 0. The van der Waals surface area contributed by atoms with E-state index in [4.69, 9.17) is 5.73 Å². The van der Waals surface area contributed by atoms with Crippen LogP contribution in [-0.2, 0) is 6.42 Å². The monoisotopic (exact) mass is 237 g/mol. The van der Waals surface area contributed by atoms with E-state index in [0.29, 0.717) is 16.8 Å². The first-order valence-electron chi connectivity index (χ1n) is 5.32. The Hall–Kier alpha value is -1.75. The third kappa shape index (κ3) is 2.68. The Labute approximate surface area is 97.9 Å². The van der Waals surface area contributed by atoms with Gasteiger partial charge in [0.1, 0.15) is 0 Å². The van der Waals surface area contributed by atoms with Gasteiger partial charge >= 0.3 is 6.55 Å². The van der Waals surface area contributed by atoms with Crippen LogP contribution in [0.5, 0.6) is 0 Å². The summed E-state index contributed by atoms with van der Waals surface area (Å²) < 4.78 is 25.4. The molecule has 0 aliphatic carbocycles. The Bertz CT molecular complexity index is 494. The van der Waals surface area contributed by atoms with Crippen molar-refractivity contribution < 1.29 is 8.78 Å². The van der Waals surface area contributed by atoms with Crippen LogP contribution >= 0.6 is 0 Å². The topological polar surface area (TPSA) is 43.8 Å². The number of hydrogen-bond acceptors (Lipinski definition) is 2. The van der Waals surface area contributed by atoms with Gasteiger partial charge < -0.3 is 5.73 Å². The molecule has 0 unspecified atom stereocenters. The summed E-state index contributed by atoms with van der Waals surface area (Å²) in [7, 11) is 0. The van der Waals surface area contributed by atoms with E-state index < -0.39 is 6.55 Å². The lowest BCUT2D eigenvalue weighted by Crippen LogP contribution is -2.02. The van der Waals surface area contributed by atoms with Gasteiger partial charge in [-0.05, 0) is 24.1 Å². The van der Waals surface area contributed by atoms with Crippen molar-refractivity contribution in [3.8, 4) is 11.1 Å². The van der Waals surface area contributed by atoms with Crippen molar-refractivity contribution in [2.24, 2.45) is 5.73 Å². The fourth-order valence-corrected chi connectivity index (χ4v) is 1.67. The second-order valence-electron chi connectivity index (χ2n) is 3.73. The molecule has 0 saturated heterocycles. The molecule has 0 aliphatic heterocycles. The van der Waals surface area contributed by atoms with Gasteiger partial charge in [0.05, 0.1) is 6.20 Å². The molecule has 0 radical (unpaired) electrons. The van der Waals surface area contributed by atoms with Crippen LogP contribution in [0.4, 0.5) is 8.78 Å². The zero-order valence-corrected chi connectivity index (χ0v) is 9.18. The Kier molecular flexibility index (Phi) is 3.49. The number of nitrogens with two attached hydrogens (primary N) is 1. The molecule has 0 saturated carbocycles. The van der Waals surface area contributed by atoms with Crippen LogP contribution in [0.25, 0.3) is 11.1 Å². The maximum absolute atomic E-state index is 12.4. The molecule has 90 valence electrons. The lowest BCUT2D eigenvalue weighted by Gasteiger charge is -2.02. The minimum absolute atomic E-state index is 0.569. The average Bonchev–Trinajstić information content (AvgIpc) is 2.79. The highest BCUT2D eigenvalue weighted by molar-refractivity contribution is 5.62. The van der Waals surface area contributed by atoms with Gasteiger partial charge in [-0.3, -0.25) is 0 Å². The highest BCUT2D eigenvalue weighted by Gasteiger charge is 2.08. The number of aromatic nitrogens is 2. The largest absolute Gasteiger partial charge is 0.333 e. The molecule has 2 N–H and O–H groups in total. The van der Waals surface area contributed by atoms with Gasteiger partial charge in [0.2, 0.25) is 0 Å². The van der Waals surface area contributed by atoms with E-state index in [9.17, 15) is 8.78 Å². The predicted octanol–water partition coefficient (Wildman–Crippen LogP) is 2.45. The highest BCUT2D eigenvalue weighted by Crippen LogP contribution is 2.21. The minimum Gasteiger partial charge on any atom is -0.330 e. The molecule has 1 heterocycles. The Morgan fingerprint density at radius 1 is 1.29 bits per heavy atom. The van der Waals surface area contributed by atoms with E-state index in [1.54, 1.807) is 0 Å². The van der Waals surface area contributed by atoms with E-state index in [2.05, 4.69) is 5.10 Å². The summed E-state index contributed by atoms with van der Waals surface area (Å²) in [6.07, 6.45) is 3.55. The van der Waals surface area contributed by atoms with E-state index in [-0.39, 0.29) is 0 Å². The zero-order valence-electron chi connectivity index (χ0n) is 9.18. The molecule has 1 aromatic heterocycles. The highest BCUT2D eigenvalue weighted by atomic mass is 19.3. The number of halogens is 2. The molecular formula is C12H13F2N3. The van der Waals surface area contributed by atoms with Gasteiger partial charge in [-0.15, -0.1) is 0 Å². The Morgan fingerprint density at radius 2 is 2.12 bits per heavy atom. The molecule has 5 heteroatoms. The lowest BCUT2D eigenvalue weighted by atomic mass is 10.0. The van der Waals surface area contributed by atoms with Gasteiger partial charge in [0.25, 0.3) is 0 Å². The van der Waals surface area contributed by atoms with Crippen LogP contribution < -0.4 is 5.73 Å². The molecule has 0 spiro atoms. The first-order valence-corrected chi connectivity index (χ1v) is 5.32. The molecule has 17 heavy (non-hydrogen) atoms. The van der Waals surface area contributed by atoms with Gasteiger partial charge in [0.15, 0.2) is 0 Å². The molecule has 2 aromatic rings. The molecule has 1 aromatic carbocycles. The summed E-state index contributed by atoms with van der Waals surface area (Å²) in [5.41, 5.74) is 8.13. The van der Waals surface area contributed by atoms with Crippen molar-refractivity contribution in [3.05, 3.63) is 42.2 Å². The standard InChI is InChI=1S/C12H13F2N3/c13-12(14)17-8-11(7-16-17)10-3-1-2-9(6-10)4-5-15/h1-3,6-8,12H,4-5,15H2. The molecule has 0 atom stereocenters. The summed E-state index contributed by atoms with van der Waals surface area (Å²) in [5.74, 6) is 0. The fraction of sp³-hybridized carbons (Fsp3) is 0.250. The third-order valence-electron chi connectivity index (χ3n) is 2.49. The quantitative estimate of drug-likeness (QED) is 0.887. The van der Waals surface area contributed by atoms with Crippen LogP contribution in [0.2, 0.25) is 0 Å². The summed E-state index contributed by atoms with van der Waals surface area (Å²) in [6, 6.07) is 7.67. The van der Waals surface area contributed by atoms with Crippen LogP contribution in [0.3, 0.4) is 0 Å². The molecule has 3 nitrogen and oxygen atoms in total. The van der Waals surface area contributed by atoms with Crippen molar-refractivity contribution in [1.82, 2.24) is 9.78 Å². The van der Waals surface area contributed by atoms with Crippen LogP contribution in [0, 0.1) is 0 Å². The van der Waals surface area contributed by atoms with Crippen LogP contribution in [0.15, 0.2) is 36.7 Å². The maximum atomic E-state index is 12.4. The zero-order chi connectivity index (χ0) is 12.3. The van der Waals surface area contributed by atoms with Crippen molar-refractivity contribution in [1.29, 1.82) is 0 Å². The maximum Gasteiger partial charge on any atom is 0.333 e. The van der Waals surface area contributed by atoms with E-state index in [1.807, 2.05) is 24.3 Å². The SMILES string of the molecule is NCCc1cccc(-c2cnn(C(F)F)c2)c1. The van der Waals surface area contributed by atoms with Crippen LogP contribution in [0.1, 0.15) is 12.1 Å². The molecule has 0 aliphatic rings. The molecule has 0 bridgehead atoms. The van der Waals surface area contributed by atoms with Gasteiger partial charge in [-0.25, -0.2) is 4.68 Å². The number of alkyl halides is 2. The van der Waals surface area contributed by atoms with Gasteiger partial charge in [0, 0.05) is 11.8 Å². The molecule has 0 amide bonds. The first-order chi connectivity index (χ1) is 8.20. The lowest BCUT2D eigenvalue weighted by molar-refractivity contribution is 0.0566. The average molecular weight is 237 g/mol. The second-order valence-corrected chi connectivity index (χ2v) is 3.73. The molecule has 2 rings (SSSR count). The van der Waals surface area contributed by atoms with Crippen LogP contribution in [-0.4, -0.2) is 16.3 Å². The summed E-state index contributed by atoms with van der Waals surface area (Å²) in [5, 5.41) is 3.61. The van der Waals surface area contributed by atoms with Gasteiger partial charge in [-0.2, -0.15) is 13.9 Å². The molecule has 0 fully saturated rings. The summed E-state index contributed by atoms with van der Waals surface area (Å²) in [6.45, 7) is -2.03. The first kappa shape index (κ1) is 11.7. The van der Waals surface area contributed by atoms with Crippen molar-refractivity contribution in [2.75, 3.05) is 6.54 Å². The summed E-state index contributed by atoms with van der Waals surface area (Å²) >= 11 is 0. The van der Waals surface area contributed by atoms with E-state index in [0.717, 1.165) is 17.5 Å². The van der Waals surface area contributed by atoms with Crippen molar-refractivity contribution >= 4 is 0 Å². The second kappa shape index (κ2) is 5.05. The molecular weight excluding hydrogens is 224 g/mol. The van der Waals surface area contributed by atoms with Crippen molar-refractivity contribution in [2.45, 2.75) is 13.0 Å².